The van der Waals surface area contributed by atoms with Crippen LogP contribution in [0.15, 0.2) is 42.5 Å². The molecule has 2 amide bonds. The van der Waals surface area contributed by atoms with Crippen molar-refractivity contribution in [2.24, 2.45) is 11.8 Å². The third-order valence-electron chi connectivity index (χ3n) is 7.20. The summed E-state index contributed by atoms with van der Waals surface area (Å²) in [6.07, 6.45) is 2.69. The summed E-state index contributed by atoms with van der Waals surface area (Å²) in [5.74, 6) is 2.45. The van der Waals surface area contributed by atoms with Crippen LogP contribution in [0.3, 0.4) is 0 Å². The number of nitrogens with zero attached hydrogens (tertiary/aromatic N) is 6. The Balaban J connectivity index is 1.14. The van der Waals surface area contributed by atoms with E-state index < -0.39 is 0 Å². The second kappa shape index (κ2) is 9.37. The van der Waals surface area contributed by atoms with Gasteiger partial charge in [0.1, 0.15) is 0 Å². The summed E-state index contributed by atoms with van der Waals surface area (Å²) in [7, 11) is 0. The van der Waals surface area contributed by atoms with Gasteiger partial charge in [-0.05, 0) is 43.0 Å². The topological polar surface area (TPSA) is 72.9 Å². The third-order valence-corrected chi connectivity index (χ3v) is 7.20. The van der Waals surface area contributed by atoms with Crippen LogP contribution in [0.4, 0.5) is 17.3 Å². The second-order valence-electron chi connectivity index (χ2n) is 9.47. The Morgan fingerprint density at radius 3 is 2.06 bits per heavy atom. The molecule has 3 saturated heterocycles. The molecule has 4 heterocycles. The number of aromatic nitrogens is 2. The molecule has 1 aromatic carbocycles. The molecule has 174 valence electrons. The van der Waals surface area contributed by atoms with Crippen molar-refractivity contribution < 1.29 is 9.59 Å². The van der Waals surface area contributed by atoms with E-state index >= 15 is 0 Å². The number of anilines is 3. The standard InChI is InChI=1S/C25H32N6O2/c1-19-9-11-28(12-10-19)22-7-8-23(27-26-22)29-13-15-30(16-14-29)25(33)20-17-24(32)31(18-20)21-5-3-2-4-6-21/h2-8,19-20H,9-18H2,1H3. The molecular weight excluding hydrogens is 416 g/mol. The molecule has 8 heteroatoms. The molecule has 1 aromatic heterocycles. The smallest absolute Gasteiger partial charge is 0.228 e. The van der Waals surface area contributed by atoms with E-state index in [1.54, 1.807) is 4.90 Å². The molecule has 5 rings (SSSR count). The molecule has 33 heavy (non-hydrogen) atoms. The van der Waals surface area contributed by atoms with Crippen LogP contribution in [0.2, 0.25) is 0 Å². The molecule has 0 aliphatic carbocycles. The van der Waals surface area contributed by atoms with Gasteiger partial charge in [-0.15, -0.1) is 10.2 Å². The molecule has 2 aromatic rings. The first-order valence-electron chi connectivity index (χ1n) is 12.1. The number of amides is 2. The van der Waals surface area contributed by atoms with E-state index in [4.69, 9.17) is 0 Å². The zero-order valence-corrected chi connectivity index (χ0v) is 19.3. The molecule has 3 aliphatic rings. The number of hydrogen-bond acceptors (Lipinski definition) is 6. The summed E-state index contributed by atoms with van der Waals surface area (Å²) in [5, 5.41) is 8.95. The highest BCUT2D eigenvalue weighted by atomic mass is 16.2. The fourth-order valence-corrected chi connectivity index (χ4v) is 5.04. The maximum Gasteiger partial charge on any atom is 0.228 e. The molecule has 8 nitrogen and oxygen atoms in total. The molecule has 0 saturated carbocycles. The Bertz CT molecular complexity index is 966. The fraction of sp³-hybridized carbons (Fsp3) is 0.520. The van der Waals surface area contributed by atoms with Gasteiger partial charge >= 0.3 is 0 Å². The van der Waals surface area contributed by atoms with Gasteiger partial charge in [0.05, 0.1) is 5.92 Å². The van der Waals surface area contributed by atoms with E-state index in [0.717, 1.165) is 49.4 Å². The van der Waals surface area contributed by atoms with Crippen LogP contribution in [-0.2, 0) is 9.59 Å². The van der Waals surface area contributed by atoms with Crippen molar-refractivity contribution in [2.45, 2.75) is 26.2 Å². The van der Waals surface area contributed by atoms with Gasteiger partial charge in [-0.3, -0.25) is 9.59 Å². The molecule has 0 radical (unpaired) electrons. The molecule has 0 spiro atoms. The Labute approximate surface area is 195 Å². The molecule has 3 fully saturated rings. The Morgan fingerprint density at radius 1 is 0.848 bits per heavy atom. The third kappa shape index (κ3) is 4.65. The van der Waals surface area contributed by atoms with Gasteiger partial charge in [0, 0.05) is 57.9 Å². The molecule has 1 unspecified atom stereocenters. The van der Waals surface area contributed by atoms with Gasteiger partial charge in [0.25, 0.3) is 0 Å². The van der Waals surface area contributed by atoms with E-state index in [1.807, 2.05) is 41.3 Å². The summed E-state index contributed by atoms with van der Waals surface area (Å²) in [6.45, 7) is 7.59. The van der Waals surface area contributed by atoms with Crippen LogP contribution < -0.4 is 14.7 Å². The van der Waals surface area contributed by atoms with Gasteiger partial charge in [-0.1, -0.05) is 25.1 Å². The number of piperidine rings is 1. The lowest BCUT2D eigenvalue weighted by atomic mass is 9.99. The average molecular weight is 449 g/mol. The van der Waals surface area contributed by atoms with E-state index in [2.05, 4.69) is 33.0 Å². The number of carbonyl (C=O) groups is 2. The fourth-order valence-electron chi connectivity index (χ4n) is 5.04. The first-order chi connectivity index (χ1) is 16.1. The number of rotatable bonds is 4. The molecule has 0 bridgehead atoms. The average Bonchev–Trinajstić information content (AvgIpc) is 3.26. The van der Waals surface area contributed by atoms with Crippen molar-refractivity contribution in [3.8, 4) is 0 Å². The quantitative estimate of drug-likeness (QED) is 0.715. The lowest BCUT2D eigenvalue weighted by molar-refractivity contribution is -0.136. The lowest BCUT2D eigenvalue weighted by Gasteiger charge is -2.36. The van der Waals surface area contributed by atoms with Crippen LogP contribution >= 0.6 is 0 Å². The Morgan fingerprint density at radius 2 is 1.45 bits per heavy atom. The molecule has 3 aliphatic heterocycles. The monoisotopic (exact) mass is 448 g/mol. The number of carbonyl (C=O) groups excluding carboxylic acids is 2. The normalized spacial score (nSPS) is 22.2. The zero-order chi connectivity index (χ0) is 22.8. The van der Waals surface area contributed by atoms with E-state index in [1.165, 1.54) is 12.8 Å². The van der Waals surface area contributed by atoms with Gasteiger partial charge in [-0.25, -0.2) is 0 Å². The molecule has 1 atom stereocenters. The highest BCUT2D eigenvalue weighted by Crippen LogP contribution is 2.27. The predicted molar refractivity (Wildman–Crippen MR) is 128 cm³/mol. The summed E-state index contributed by atoms with van der Waals surface area (Å²) in [5.41, 5.74) is 0.865. The number of hydrogen-bond donors (Lipinski definition) is 0. The van der Waals surface area contributed by atoms with Gasteiger partial charge in [-0.2, -0.15) is 0 Å². The van der Waals surface area contributed by atoms with Crippen molar-refractivity contribution in [3.63, 3.8) is 0 Å². The van der Waals surface area contributed by atoms with E-state index in [-0.39, 0.29) is 24.2 Å². The van der Waals surface area contributed by atoms with Crippen LogP contribution in [0.1, 0.15) is 26.2 Å². The maximum absolute atomic E-state index is 13.1. The van der Waals surface area contributed by atoms with Crippen LogP contribution in [0.25, 0.3) is 0 Å². The minimum Gasteiger partial charge on any atom is -0.355 e. The largest absolute Gasteiger partial charge is 0.355 e. The summed E-state index contributed by atoms with van der Waals surface area (Å²) < 4.78 is 0. The van der Waals surface area contributed by atoms with Gasteiger partial charge < -0.3 is 19.6 Å². The molecular formula is C25H32N6O2. The van der Waals surface area contributed by atoms with Crippen molar-refractivity contribution in [1.29, 1.82) is 0 Å². The van der Waals surface area contributed by atoms with Crippen molar-refractivity contribution in [1.82, 2.24) is 15.1 Å². The minimum atomic E-state index is -0.268. The second-order valence-corrected chi connectivity index (χ2v) is 9.47. The van der Waals surface area contributed by atoms with Gasteiger partial charge in [0.2, 0.25) is 11.8 Å². The molecule has 0 N–H and O–H groups in total. The SMILES string of the molecule is CC1CCN(c2ccc(N3CCN(C(=O)C4CC(=O)N(c5ccccc5)C4)CC3)nn2)CC1. The highest BCUT2D eigenvalue weighted by molar-refractivity contribution is 6.00. The van der Waals surface area contributed by atoms with Crippen LogP contribution in [0.5, 0.6) is 0 Å². The Hall–Kier alpha value is -3.16. The van der Waals surface area contributed by atoms with E-state index in [0.29, 0.717) is 19.6 Å². The van der Waals surface area contributed by atoms with E-state index in [9.17, 15) is 9.59 Å². The first kappa shape index (κ1) is 21.7. The van der Waals surface area contributed by atoms with Crippen LogP contribution in [-0.4, -0.2) is 72.7 Å². The summed E-state index contributed by atoms with van der Waals surface area (Å²) in [4.78, 5) is 33.7. The van der Waals surface area contributed by atoms with Crippen molar-refractivity contribution in [2.75, 3.05) is 60.5 Å². The number of para-hydroxylation sites is 1. The zero-order valence-electron chi connectivity index (χ0n) is 19.3. The summed E-state index contributed by atoms with van der Waals surface area (Å²) in [6, 6.07) is 13.7. The Kier molecular flexibility index (Phi) is 6.15. The maximum atomic E-state index is 13.1. The minimum absolute atomic E-state index is 0.0247. The van der Waals surface area contributed by atoms with Crippen molar-refractivity contribution >= 4 is 29.1 Å². The van der Waals surface area contributed by atoms with Crippen molar-refractivity contribution in [3.05, 3.63) is 42.5 Å². The predicted octanol–water partition coefficient (Wildman–Crippen LogP) is 2.41. The number of piperazine rings is 1. The van der Waals surface area contributed by atoms with Crippen LogP contribution in [0, 0.1) is 11.8 Å². The first-order valence-corrected chi connectivity index (χ1v) is 12.1. The lowest BCUT2D eigenvalue weighted by Crippen LogP contribution is -2.51. The summed E-state index contributed by atoms with van der Waals surface area (Å²) >= 11 is 0. The highest BCUT2D eigenvalue weighted by Gasteiger charge is 2.38. The van der Waals surface area contributed by atoms with Gasteiger partial charge in [0.15, 0.2) is 11.6 Å². The number of benzene rings is 1.